The molecule has 0 saturated carbocycles. The highest BCUT2D eigenvalue weighted by molar-refractivity contribution is 8.04. The number of fused-ring (bicyclic) bond motifs is 3. The van der Waals surface area contributed by atoms with Crippen LogP contribution in [0.25, 0.3) is 5.57 Å². The van der Waals surface area contributed by atoms with Crippen molar-refractivity contribution in [1.82, 2.24) is 0 Å². The second-order valence-electron chi connectivity index (χ2n) is 7.49. The summed E-state index contributed by atoms with van der Waals surface area (Å²) in [5, 5.41) is 12.8. The number of ketones is 1. The van der Waals surface area contributed by atoms with Gasteiger partial charge in [0, 0.05) is 33.9 Å². The minimum atomic E-state index is -0.117. The van der Waals surface area contributed by atoms with Crippen molar-refractivity contribution in [3.05, 3.63) is 27.1 Å². The van der Waals surface area contributed by atoms with Crippen LogP contribution < -0.4 is 15.5 Å². The van der Waals surface area contributed by atoms with E-state index in [-0.39, 0.29) is 28.4 Å². The minimum Gasteiger partial charge on any atom is -0.504 e. The molecule has 0 amide bonds. The van der Waals surface area contributed by atoms with E-state index in [4.69, 9.17) is 4.99 Å². The highest BCUT2D eigenvalue weighted by Crippen LogP contribution is 2.62. The molecule has 5 heterocycles. The number of hydrogen-bond acceptors (Lipinski definition) is 6. The second kappa shape index (κ2) is 3.47. The zero-order valence-corrected chi connectivity index (χ0v) is 13.6. The molecule has 1 aliphatic carbocycles. The molecule has 1 spiro atoms. The summed E-state index contributed by atoms with van der Waals surface area (Å²) in [6.45, 7) is 0.844. The Morgan fingerprint density at radius 2 is 2.29 bits per heavy atom. The van der Waals surface area contributed by atoms with Crippen LogP contribution in [-0.2, 0) is 10.2 Å². The molecule has 3 atom stereocenters. The van der Waals surface area contributed by atoms with E-state index in [0.717, 1.165) is 52.5 Å². The molecule has 7 rings (SSSR count). The number of rotatable bonds is 0. The summed E-state index contributed by atoms with van der Waals surface area (Å²) >= 11 is 1.71. The number of aliphatic imine (C=N–C) groups is 1. The standard InChI is InChI=1S/C18H13N3O2S/c22-9-3-10-18-4-8(9)21-2-1-7-6-19-14-12(7)16(21)13(18)15(17(14)23)20-11(5-18)24-10/h3,6,8,11,23H,1-2,4-5H2/t8-,11+,18-/m0/s1. The fourth-order valence-electron chi connectivity index (χ4n) is 5.57. The fraction of sp³-hybridized carbons (Fsp3) is 0.389. The SMILES string of the molecule is O=C1C=C2S[C@@H]3C[C@@]24C[C@@H]1N1CCC2=c5c(c(O)c(c4c51)=N3)N=C2. The Hall–Kier alpha value is -2.08. The Kier molecular flexibility index (Phi) is 1.78. The molecule has 6 aliphatic rings. The van der Waals surface area contributed by atoms with Crippen molar-refractivity contribution in [2.24, 2.45) is 9.98 Å². The molecule has 0 radical (unpaired) electrons. The maximum absolute atomic E-state index is 12.8. The zero-order chi connectivity index (χ0) is 15.8. The molecule has 1 N–H and O–H groups in total. The molecule has 1 aromatic carbocycles. The van der Waals surface area contributed by atoms with Gasteiger partial charge in [0.15, 0.2) is 11.5 Å². The van der Waals surface area contributed by atoms with Gasteiger partial charge in [-0.05, 0) is 30.9 Å². The van der Waals surface area contributed by atoms with Crippen LogP contribution in [-0.4, -0.2) is 35.1 Å². The van der Waals surface area contributed by atoms with Crippen molar-refractivity contribution in [2.45, 2.75) is 36.1 Å². The summed E-state index contributed by atoms with van der Waals surface area (Å²) in [4.78, 5) is 25.6. The number of phenols is 1. The van der Waals surface area contributed by atoms with Gasteiger partial charge in [0.05, 0.1) is 11.7 Å². The van der Waals surface area contributed by atoms with E-state index in [1.807, 2.05) is 12.3 Å². The van der Waals surface area contributed by atoms with E-state index in [2.05, 4.69) is 9.89 Å². The Morgan fingerprint density at radius 1 is 1.38 bits per heavy atom. The summed E-state index contributed by atoms with van der Waals surface area (Å²) in [7, 11) is 0. The number of allylic oxidation sites excluding steroid dienone is 1. The van der Waals surface area contributed by atoms with E-state index in [9.17, 15) is 9.90 Å². The predicted molar refractivity (Wildman–Crippen MR) is 91.6 cm³/mol. The number of anilines is 1. The predicted octanol–water partition coefficient (Wildman–Crippen LogP) is 1.04. The maximum Gasteiger partial charge on any atom is 0.178 e. The van der Waals surface area contributed by atoms with Gasteiger partial charge in [0.25, 0.3) is 0 Å². The van der Waals surface area contributed by atoms with Crippen LogP contribution in [0.1, 0.15) is 24.8 Å². The Bertz CT molecular complexity index is 1100. The molecule has 5 aliphatic heterocycles. The van der Waals surface area contributed by atoms with Gasteiger partial charge in [-0.25, -0.2) is 0 Å². The van der Waals surface area contributed by atoms with Crippen molar-refractivity contribution >= 4 is 40.7 Å². The van der Waals surface area contributed by atoms with Crippen LogP contribution in [0.2, 0.25) is 0 Å². The largest absolute Gasteiger partial charge is 0.504 e. The Morgan fingerprint density at radius 3 is 3.21 bits per heavy atom. The van der Waals surface area contributed by atoms with Gasteiger partial charge in [0.2, 0.25) is 0 Å². The zero-order valence-electron chi connectivity index (χ0n) is 12.7. The lowest BCUT2D eigenvalue weighted by Crippen LogP contribution is -2.58. The quantitative estimate of drug-likeness (QED) is 0.769. The summed E-state index contributed by atoms with van der Waals surface area (Å²) in [5.74, 6) is 0.463. The lowest BCUT2D eigenvalue weighted by atomic mass is 9.64. The number of hydrogen-bond donors (Lipinski definition) is 1. The van der Waals surface area contributed by atoms with E-state index in [1.165, 1.54) is 5.57 Å². The summed E-state index contributed by atoms with van der Waals surface area (Å²) in [6.07, 6.45) is 6.42. The van der Waals surface area contributed by atoms with Crippen LogP contribution in [0.3, 0.4) is 0 Å². The number of benzene rings is 1. The maximum atomic E-state index is 12.8. The third-order valence-corrected chi connectivity index (χ3v) is 7.81. The van der Waals surface area contributed by atoms with Crippen molar-refractivity contribution in [2.75, 3.05) is 11.4 Å². The monoisotopic (exact) mass is 335 g/mol. The molecule has 5 nitrogen and oxygen atoms in total. The van der Waals surface area contributed by atoms with Crippen molar-refractivity contribution < 1.29 is 9.90 Å². The number of carbonyl (C=O) groups is 1. The molecule has 6 heteroatoms. The number of phenolic OH excluding ortho intramolecular Hbond substituents is 1. The molecule has 1 fully saturated rings. The topological polar surface area (TPSA) is 65.3 Å². The summed E-state index contributed by atoms with van der Waals surface area (Å²) in [6, 6.07) is -0.0673. The van der Waals surface area contributed by atoms with Gasteiger partial charge in [-0.15, -0.1) is 11.8 Å². The van der Waals surface area contributed by atoms with Gasteiger partial charge in [-0.1, -0.05) is 0 Å². The summed E-state index contributed by atoms with van der Waals surface area (Å²) in [5.41, 5.74) is 4.03. The first-order chi connectivity index (χ1) is 11.7. The smallest absolute Gasteiger partial charge is 0.178 e. The molecular weight excluding hydrogens is 322 g/mol. The van der Waals surface area contributed by atoms with Gasteiger partial charge < -0.3 is 10.0 Å². The lowest BCUT2D eigenvalue weighted by molar-refractivity contribution is -0.117. The van der Waals surface area contributed by atoms with Crippen molar-refractivity contribution in [3.8, 4) is 5.75 Å². The first kappa shape index (κ1) is 12.3. The highest BCUT2D eigenvalue weighted by Gasteiger charge is 2.59. The Balaban J connectivity index is 1.78. The number of carbonyl (C=O) groups excluding carboxylic acids is 1. The van der Waals surface area contributed by atoms with Crippen LogP contribution in [0, 0.1) is 0 Å². The molecule has 3 bridgehead atoms. The van der Waals surface area contributed by atoms with Crippen molar-refractivity contribution in [3.63, 3.8) is 0 Å². The number of aromatic hydroxyl groups is 1. The number of thioether (sulfide) groups is 1. The average molecular weight is 335 g/mol. The van der Waals surface area contributed by atoms with E-state index >= 15 is 0 Å². The third kappa shape index (κ3) is 1.06. The first-order valence-corrected chi connectivity index (χ1v) is 9.29. The van der Waals surface area contributed by atoms with Crippen molar-refractivity contribution in [1.29, 1.82) is 0 Å². The van der Waals surface area contributed by atoms with Gasteiger partial charge in [0.1, 0.15) is 16.4 Å². The summed E-state index contributed by atoms with van der Waals surface area (Å²) < 4.78 is 0. The second-order valence-corrected chi connectivity index (χ2v) is 8.71. The minimum absolute atomic E-state index is 0.0673. The molecule has 0 unspecified atom stereocenters. The van der Waals surface area contributed by atoms with E-state index in [0.29, 0.717) is 5.69 Å². The number of nitrogens with zero attached hydrogens (tertiary/aromatic N) is 3. The normalized spacial score (nSPS) is 35.3. The highest BCUT2D eigenvalue weighted by atomic mass is 32.2. The Labute approximate surface area is 141 Å². The molecule has 118 valence electrons. The fourth-order valence-corrected chi connectivity index (χ4v) is 7.07. The molecule has 0 aromatic heterocycles. The van der Waals surface area contributed by atoms with Crippen LogP contribution >= 0.6 is 11.8 Å². The van der Waals surface area contributed by atoms with Crippen LogP contribution in [0.4, 0.5) is 11.4 Å². The van der Waals surface area contributed by atoms with Crippen LogP contribution in [0.5, 0.6) is 5.75 Å². The molecular formula is C18H13N3O2S. The lowest BCUT2D eigenvalue weighted by Gasteiger charge is -2.50. The van der Waals surface area contributed by atoms with E-state index in [1.54, 1.807) is 11.8 Å². The van der Waals surface area contributed by atoms with Crippen LogP contribution in [0.15, 0.2) is 21.0 Å². The first-order valence-electron chi connectivity index (χ1n) is 8.41. The third-order valence-electron chi connectivity index (χ3n) is 6.50. The average Bonchev–Trinajstić information content (AvgIpc) is 3.11. The van der Waals surface area contributed by atoms with E-state index < -0.39 is 0 Å². The van der Waals surface area contributed by atoms with Gasteiger partial charge >= 0.3 is 0 Å². The molecule has 1 aromatic rings. The van der Waals surface area contributed by atoms with Gasteiger partial charge in [-0.3, -0.25) is 14.8 Å². The van der Waals surface area contributed by atoms with Gasteiger partial charge in [-0.2, -0.15) is 0 Å². The molecule has 24 heavy (non-hydrogen) atoms. The molecule has 1 saturated heterocycles.